The first-order chi connectivity index (χ1) is 20.1. The molecule has 0 radical (unpaired) electrons. The molecule has 0 saturated heterocycles. The Bertz CT molecular complexity index is 1740. The molecule has 0 aliphatic heterocycles. The van der Waals surface area contributed by atoms with Gasteiger partial charge in [-0.3, -0.25) is 4.79 Å². The number of sulfonamides is 1. The van der Waals surface area contributed by atoms with Crippen molar-refractivity contribution in [2.45, 2.75) is 56.4 Å². The van der Waals surface area contributed by atoms with Gasteiger partial charge >= 0.3 is 6.03 Å². The lowest BCUT2D eigenvalue weighted by atomic mass is 9.96. The summed E-state index contributed by atoms with van der Waals surface area (Å²) in [5.41, 5.74) is 4.28. The average Bonchev–Trinajstić information content (AvgIpc) is 3.27. The smallest absolute Gasteiger partial charge is 0.319 e. The Labute approximate surface area is 246 Å². The van der Waals surface area contributed by atoms with Crippen LogP contribution in [0.25, 0.3) is 10.9 Å². The molecule has 9 nitrogen and oxygen atoms in total. The van der Waals surface area contributed by atoms with Crippen LogP contribution >= 0.6 is 0 Å². The van der Waals surface area contributed by atoms with Gasteiger partial charge in [-0.05, 0) is 72.9 Å². The van der Waals surface area contributed by atoms with Crippen LogP contribution in [0.5, 0.6) is 5.75 Å². The van der Waals surface area contributed by atoms with Crippen molar-refractivity contribution in [2.24, 2.45) is 7.05 Å². The van der Waals surface area contributed by atoms with E-state index in [4.69, 9.17) is 4.74 Å². The summed E-state index contributed by atoms with van der Waals surface area (Å²) < 4.78 is 35.4. The number of nitrogens with zero attached hydrogens (tertiary/aromatic N) is 1. The van der Waals surface area contributed by atoms with Crippen LogP contribution in [-0.4, -0.2) is 38.1 Å². The van der Waals surface area contributed by atoms with Crippen LogP contribution < -0.4 is 20.1 Å². The second kappa shape index (κ2) is 12.3. The minimum absolute atomic E-state index is 0.0539. The van der Waals surface area contributed by atoms with E-state index in [1.54, 1.807) is 43.3 Å². The van der Waals surface area contributed by atoms with Crippen LogP contribution in [0.3, 0.4) is 0 Å². The Kier molecular flexibility index (Phi) is 8.54. The molecule has 1 aliphatic rings. The number of aromatic nitrogens is 1. The minimum Gasteiger partial charge on any atom is -0.496 e. The predicted octanol–water partition coefficient (Wildman–Crippen LogP) is 5.66. The quantitative estimate of drug-likeness (QED) is 0.246. The first-order valence-electron chi connectivity index (χ1n) is 14.1. The van der Waals surface area contributed by atoms with Crippen molar-refractivity contribution in [3.05, 3.63) is 89.1 Å². The largest absolute Gasteiger partial charge is 0.496 e. The number of nitrogens with one attached hydrogen (secondary N) is 3. The van der Waals surface area contributed by atoms with Crippen LogP contribution in [0.15, 0.2) is 71.8 Å². The highest BCUT2D eigenvalue weighted by Crippen LogP contribution is 2.30. The van der Waals surface area contributed by atoms with E-state index in [1.165, 1.54) is 19.6 Å². The number of amides is 3. The highest BCUT2D eigenvalue weighted by molar-refractivity contribution is 7.90. The van der Waals surface area contributed by atoms with Gasteiger partial charge in [-0.25, -0.2) is 17.9 Å². The van der Waals surface area contributed by atoms with Crippen LogP contribution in [0.2, 0.25) is 0 Å². The third kappa shape index (κ3) is 6.44. The molecule has 220 valence electrons. The molecule has 0 bridgehead atoms. The number of rotatable bonds is 8. The zero-order chi connectivity index (χ0) is 29.9. The summed E-state index contributed by atoms with van der Waals surface area (Å²) in [5, 5.41) is 7.06. The first kappa shape index (κ1) is 29.2. The van der Waals surface area contributed by atoms with Gasteiger partial charge in [-0.15, -0.1) is 0 Å². The van der Waals surface area contributed by atoms with Crippen LogP contribution in [0.1, 0.15) is 59.2 Å². The van der Waals surface area contributed by atoms with Crippen LogP contribution in [0, 0.1) is 6.92 Å². The predicted molar refractivity (Wildman–Crippen MR) is 164 cm³/mol. The summed E-state index contributed by atoms with van der Waals surface area (Å²) >= 11 is 0. The van der Waals surface area contributed by atoms with Gasteiger partial charge in [0.05, 0.1) is 12.0 Å². The molecule has 3 aromatic carbocycles. The average molecular weight is 589 g/mol. The molecule has 1 saturated carbocycles. The molecule has 1 fully saturated rings. The van der Waals surface area contributed by atoms with E-state index < -0.39 is 15.9 Å². The Morgan fingerprint density at radius 1 is 0.976 bits per heavy atom. The van der Waals surface area contributed by atoms with Crippen molar-refractivity contribution in [3.63, 3.8) is 0 Å². The molecular formula is C32H36N4O5S. The van der Waals surface area contributed by atoms with Gasteiger partial charge in [-0.1, -0.05) is 43.5 Å². The Balaban J connectivity index is 1.34. The van der Waals surface area contributed by atoms with Gasteiger partial charge in [-0.2, -0.15) is 0 Å². The number of carbonyl (C=O) groups excluding carboxylic acids is 2. The van der Waals surface area contributed by atoms with Crippen molar-refractivity contribution < 1.29 is 22.7 Å². The van der Waals surface area contributed by atoms with Crippen molar-refractivity contribution in [1.82, 2.24) is 14.6 Å². The van der Waals surface area contributed by atoms with Gasteiger partial charge < -0.3 is 19.9 Å². The summed E-state index contributed by atoms with van der Waals surface area (Å²) in [4.78, 5) is 25.6. The zero-order valence-corrected chi connectivity index (χ0v) is 24.9. The van der Waals surface area contributed by atoms with Gasteiger partial charge in [0.25, 0.3) is 15.9 Å². The number of anilines is 1. The molecule has 3 amide bonds. The molecule has 1 aromatic heterocycles. The Hall–Kier alpha value is -4.31. The molecule has 0 spiro atoms. The molecule has 3 N–H and O–H groups in total. The lowest BCUT2D eigenvalue weighted by Crippen LogP contribution is -2.38. The Morgan fingerprint density at radius 3 is 2.48 bits per heavy atom. The molecule has 1 heterocycles. The Morgan fingerprint density at radius 2 is 1.74 bits per heavy atom. The number of hydrogen-bond acceptors (Lipinski definition) is 5. The van der Waals surface area contributed by atoms with E-state index in [-0.39, 0.29) is 22.5 Å². The lowest BCUT2D eigenvalue weighted by Gasteiger charge is -2.22. The number of ether oxygens (including phenoxy) is 1. The van der Waals surface area contributed by atoms with Gasteiger partial charge in [0.15, 0.2) is 0 Å². The molecule has 10 heteroatoms. The number of carbonyl (C=O) groups is 2. The van der Waals surface area contributed by atoms with E-state index in [0.717, 1.165) is 47.7 Å². The second-order valence-corrected chi connectivity index (χ2v) is 12.5. The number of benzene rings is 3. The van der Waals surface area contributed by atoms with Gasteiger partial charge in [0.1, 0.15) is 5.75 Å². The maximum atomic E-state index is 12.9. The molecule has 0 unspecified atom stereocenters. The van der Waals surface area contributed by atoms with E-state index in [1.807, 2.05) is 36.0 Å². The first-order valence-corrected chi connectivity index (χ1v) is 15.6. The highest BCUT2D eigenvalue weighted by Gasteiger charge is 2.22. The third-order valence-electron chi connectivity index (χ3n) is 7.81. The maximum Gasteiger partial charge on any atom is 0.319 e. The van der Waals surface area contributed by atoms with Crippen molar-refractivity contribution >= 4 is 38.6 Å². The number of hydrogen-bond donors (Lipinski definition) is 3. The molecule has 42 heavy (non-hydrogen) atoms. The van der Waals surface area contributed by atoms with Gasteiger partial charge in [0.2, 0.25) is 0 Å². The second-order valence-electron chi connectivity index (χ2n) is 10.8. The van der Waals surface area contributed by atoms with Crippen LogP contribution in [0.4, 0.5) is 10.5 Å². The monoisotopic (exact) mass is 588 g/mol. The van der Waals surface area contributed by atoms with Crippen molar-refractivity contribution in [3.8, 4) is 5.75 Å². The summed E-state index contributed by atoms with van der Waals surface area (Å²) in [6, 6.07) is 17.3. The van der Waals surface area contributed by atoms with Crippen molar-refractivity contribution in [1.29, 1.82) is 0 Å². The van der Waals surface area contributed by atoms with E-state index in [2.05, 4.69) is 15.4 Å². The molecule has 5 rings (SSSR count). The third-order valence-corrected chi connectivity index (χ3v) is 9.30. The van der Waals surface area contributed by atoms with E-state index in [0.29, 0.717) is 23.4 Å². The molecule has 1 aliphatic carbocycles. The zero-order valence-electron chi connectivity index (χ0n) is 24.1. The number of methoxy groups -OCH3 is 1. The highest BCUT2D eigenvalue weighted by atomic mass is 32.2. The fourth-order valence-corrected chi connectivity index (χ4v) is 6.84. The SMILES string of the molecule is COc1cc(C(=O)NS(=O)(=O)c2ccccc2C)ccc1Cc1cn(C)c2ccc(NC(=O)NC3CCCCC3)cc12. The summed E-state index contributed by atoms with van der Waals surface area (Å²) in [6.45, 7) is 1.68. The topological polar surface area (TPSA) is 119 Å². The number of aryl methyl sites for hydroxylation is 2. The van der Waals surface area contributed by atoms with E-state index in [9.17, 15) is 18.0 Å². The van der Waals surface area contributed by atoms with Gasteiger partial charge in [0, 0.05) is 47.9 Å². The summed E-state index contributed by atoms with van der Waals surface area (Å²) in [6.07, 6.45) is 8.08. The summed E-state index contributed by atoms with van der Waals surface area (Å²) in [7, 11) is -0.556. The lowest BCUT2D eigenvalue weighted by molar-refractivity contribution is 0.0981. The standard InChI is InChI=1S/C32H36N4O5S/c1-21-9-7-8-12-30(21)42(39,40)35-31(37)23-14-13-22(29(18-23)41-3)17-24-20-36(2)28-16-15-26(19-27(24)28)34-32(38)33-25-10-5-4-6-11-25/h7-9,12-16,18-20,25H,4-6,10-11,17H2,1-3H3,(H,35,37)(H2,33,34,38). The number of urea groups is 1. The normalized spacial score (nSPS) is 14.0. The van der Waals surface area contributed by atoms with Crippen LogP contribution in [-0.2, 0) is 23.5 Å². The van der Waals surface area contributed by atoms with E-state index >= 15 is 0 Å². The fraction of sp³-hybridized carbons (Fsp3) is 0.312. The molecule has 4 aromatic rings. The fourth-order valence-electron chi connectivity index (χ4n) is 5.62. The summed E-state index contributed by atoms with van der Waals surface area (Å²) in [5.74, 6) is -0.274. The molecular weight excluding hydrogens is 552 g/mol. The minimum atomic E-state index is -4.04. The van der Waals surface area contributed by atoms with Crippen molar-refractivity contribution in [2.75, 3.05) is 12.4 Å². The molecule has 0 atom stereocenters. The maximum absolute atomic E-state index is 12.9. The number of fused-ring (bicyclic) bond motifs is 1.